The fraction of sp³-hybridized carbons (Fsp3) is 0.278. The van der Waals surface area contributed by atoms with Crippen LogP contribution in [0.5, 0.6) is 0 Å². The van der Waals surface area contributed by atoms with Gasteiger partial charge in [0.15, 0.2) is 0 Å². The Kier molecular flexibility index (Phi) is 5.14. The highest BCUT2D eigenvalue weighted by atomic mass is 32.1. The number of thiophene rings is 1. The number of benzene rings is 1. The standard InChI is InChI=1S/C18H18N2O4S/c21-16(3-6-19-17(22)14-5-8-25-11-14)20-7-4-12-1-2-13(18(23)24)9-15(12)10-20/h1-2,5,8-9,11H,3-4,6-7,10H2,(H,19,22)(H,23,24). The lowest BCUT2D eigenvalue weighted by Gasteiger charge is -2.29. The maximum atomic E-state index is 12.4. The SMILES string of the molecule is O=C(O)c1ccc2c(c1)CN(C(=O)CCNC(=O)c1ccsc1)CC2. The molecule has 0 saturated carbocycles. The lowest BCUT2D eigenvalue weighted by Crippen LogP contribution is -2.38. The van der Waals surface area contributed by atoms with Crippen LogP contribution < -0.4 is 5.32 Å². The highest BCUT2D eigenvalue weighted by molar-refractivity contribution is 7.08. The quantitative estimate of drug-likeness (QED) is 0.857. The predicted octanol–water partition coefficient (Wildman–Crippen LogP) is 2.15. The molecule has 3 rings (SSSR count). The molecule has 0 atom stereocenters. The number of carboxylic acid groups (broad SMARTS) is 1. The van der Waals surface area contributed by atoms with Crippen LogP contribution in [0, 0.1) is 0 Å². The van der Waals surface area contributed by atoms with Crippen molar-refractivity contribution in [1.82, 2.24) is 10.2 Å². The van der Waals surface area contributed by atoms with Crippen molar-refractivity contribution in [2.24, 2.45) is 0 Å². The molecular formula is C18H18N2O4S. The van der Waals surface area contributed by atoms with Gasteiger partial charge in [0.1, 0.15) is 0 Å². The van der Waals surface area contributed by atoms with Gasteiger partial charge in [0.2, 0.25) is 5.91 Å². The fourth-order valence-electron chi connectivity index (χ4n) is 2.84. The van der Waals surface area contributed by atoms with Crippen molar-refractivity contribution in [1.29, 1.82) is 0 Å². The number of rotatable bonds is 5. The zero-order chi connectivity index (χ0) is 17.8. The second-order valence-corrected chi connectivity index (χ2v) is 6.65. The highest BCUT2D eigenvalue weighted by Crippen LogP contribution is 2.21. The molecule has 7 heteroatoms. The average Bonchev–Trinajstić information content (AvgIpc) is 3.15. The van der Waals surface area contributed by atoms with E-state index in [1.807, 2.05) is 11.4 Å². The van der Waals surface area contributed by atoms with E-state index >= 15 is 0 Å². The summed E-state index contributed by atoms with van der Waals surface area (Å²) in [7, 11) is 0. The Labute approximate surface area is 149 Å². The van der Waals surface area contributed by atoms with Crippen LogP contribution in [0.3, 0.4) is 0 Å². The molecule has 0 aliphatic carbocycles. The molecule has 0 unspecified atom stereocenters. The molecule has 2 amide bonds. The summed E-state index contributed by atoms with van der Waals surface area (Å²) in [5, 5.41) is 15.4. The summed E-state index contributed by atoms with van der Waals surface area (Å²) >= 11 is 1.45. The van der Waals surface area contributed by atoms with Crippen molar-refractivity contribution >= 4 is 29.1 Å². The molecule has 1 aromatic heterocycles. The number of nitrogens with zero attached hydrogens (tertiary/aromatic N) is 1. The molecule has 1 aliphatic rings. The minimum atomic E-state index is -0.970. The van der Waals surface area contributed by atoms with Crippen LogP contribution in [0.15, 0.2) is 35.0 Å². The molecule has 2 aromatic rings. The second-order valence-electron chi connectivity index (χ2n) is 5.87. The van der Waals surface area contributed by atoms with Crippen LogP contribution in [0.1, 0.15) is 38.3 Å². The lowest BCUT2D eigenvalue weighted by molar-refractivity contribution is -0.131. The third-order valence-electron chi connectivity index (χ3n) is 4.23. The summed E-state index contributed by atoms with van der Waals surface area (Å²) in [5.41, 5.74) is 2.79. The van der Waals surface area contributed by atoms with Crippen LogP contribution in [0.25, 0.3) is 0 Å². The molecule has 0 fully saturated rings. The van der Waals surface area contributed by atoms with Gasteiger partial charge in [-0.3, -0.25) is 9.59 Å². The van der Waals surface area contributed by atoms with Crippen LogP contribution in [0.4, 0.5) is 0 Å². The Bertz CT molecular complexity index is 801. The Balaban J connectivity index is 1.54. The monoisotopic (exact) mass is 358 g/mol. The molecule has 0 radical (unpaired) electrons. The third-order valence-corrected chi connectivity index (χ3v) is 4.91. The number of fused-ring (bicyclic) bond motifs is 1. The van der Waals surface area contributed by atoms with E-state index in [1.54, 1.807) is 28.5 Å². The van der Waals surface area contributed by atoms with E-state index in [0.717, 1.165) is 11.1 Å². The number of carbonyl (C=O) groups is 3. The summed E-state index contributed by atoms with van der Waals surface area (Å²) in [4.78, 5) is 37.0. The summed E-state index contributed by atoms with van der Waals surface area (Å²) in [6.45, 7) is 1.30. The van der Waals surface area contributed by atoms with Gasteiger partial charge in [-0.25, -0.2) is 4.79 Å². The van der Waals surface area contributed by atoms with E-state index < -0.39 is 5.97 Å². The van der Waals surface area contributed by atoms with Gasteiger partial charge < -0.3 is 15.3 Å². The molecule has 1 aliphatic heterocycles. The Morgan fingerprint density at radius 1 is 1.16 bits per heavy atom. The lowest BCUT2D eigenvalue weighted by atomic mass is 9.97. The van der Waals surface area contributed by atoms with E-state index in [0.29, 0.717) is 25.1 Å². The number of aromatic carboxylic acids is 1. The topological polar surface area (TPSA) is 86.7 Å². The Morgan fingerprint density at radius 3 is 2.72 bits per heavy atom. The van der Waals surface area contributed by atoms with Crippen molar-refractivity contribution in [3.63, 3.8) is 0 Å². The van der Waals surface area contributed by atoms with Gasteiger partial charge in [-0.2, -0.15) is 11.3 Å². The predicted molar refractivity (Wildman–Crippen MR) is 93.8 cm³/mol. The number of carbonyl (C=O) groups excluding carboxylic acids is 2. The van der Waals surface area contributed by atoms with E-state index in [9.17, 15) is 14.4 Å². The molecule has 1 aromatic carbocycles. The smallest absolute Gasteiger partial charge is 0.335 e. The van der Waals surface area contributed by atoms with Gasteiger partial charge in [0.25, 0.3) is 5.91 Å². The molecule has 25 heavy (non-hydrogen) atoms. The maximum Gasteiger partial charge on any atom is 0.335 e. The van der Waals surface area contributed by atoms with Crippen molar-refractivity contribution in [3.8, 4) is 0 Å². The van der Waals surface area contributed by atoms with Gasteiger partial charge in [0, 0.05) is 37.0 Å². The number of amides is 2. The summed E-state index contributed by atoms with van der Waals surface area (Å²) in [5.74, 6) is -1.19. The summed E-state index contributed by atoms with van der Waals surface area (Å²) in [6.07, 6.45) is 0.937. The fourth-order valence-corrected chi connectivity index (χ4v) is 3.48. The minimum absolute atomic E-state index is 0.0444. The van der Waals surface area contributed by atoms with E-state index in [1.165, 1.54) is 11.3 Å². The van der Waals surface area contributed by atoms with E-state index in [-0.39, 0.29) is 30.3 Å². The normalized spacial score (nSPS) is 13.2. The number of carboxylic acids is 1. The average molecular weight is 358 g/mol. The second kappa shape index (κ2) is 7.48. The van der Waals surface area contributed by atoms with Crippen LogP contribution >= 0.6 is 11.3 Å². The van der Waals surface area contributed by atoms with E-state index in [2.05, 4.69) is 5.32 Å². The van der Waals surface area contributed by atoms with Gasteiger partial charge in [-0.05, 0) is 41.1 Å². The highest BCUT2D eigenvalue weighted by Gasteiger charge is 2.21. The van der Waals surface area contributed by atoms with Crippen molar-refractivity contribution in [2.45, 2.75) is 19.4 Å². The third kappa shape index (κ3) is 4.06. The van der Waals surface area contributed by atoms with Gasteiger partial charge >= 0.3 is 5.97 Å². The number of nitrogens with one attached hydrogen (secondary N) is 1. The van der Waals surface area contributed by atoms with Crippen molar-refractivity contribution in [3.05, 3.63) is 57.3 Å². The van der Waals surface area contributed by atoms with Gasteiger partial charge in [0.05, 0.1) is 5.56 Å². The first-order chi connectivity index (χ1) is 12.0. The molecule has 2 N–H and O–H groups in total. The van der Waals surface area contributed by atoms with Gasteiger partial charge in [-0.15, -0.1) is 0 Å². The van der Waals surface area contributed by atoms with Crippen LogP contribution in [0.2, 0.25) is 0 Å². The largest absolute Gasteiger partial charge is 0.478 e. The summed E-state index contributed by atoms with van der Waals surface area (Å²) in [6, 6.07) is 6.79. The van der Waals surface area contributed by atoms with Crippen LogP contribution in [-0.4, -0.2) is 40.9 Å². The molecule has 130 valence electrons. The van der Waals surface area contributed by atoms with E-state index in [4.69, 9.17) is 5.11 Å². The minimum Gasteiger partial charge on any atom is -0.478 e. The van der Waals surface area contributed by atoms with Crippen molar-refractivity contribution < 1.29 is 19.5 Å². The number of hydrogen-bond acceptors (Lipinski definition) is 4. The number of hydrogen-bond donors (Lipinski definition) is 2. The molecule has 0 saturated heterocycles. The van der Waals surface area contributed by atoms with Crippen LogP contribution in [-0.2, 0) is 17.8 Å². The summed E-state index contributed by atoms with van der Waals surface area (Å²) < 4.78 is 0. The zero-order valence-corrected chi connectivity index (χ0v) is 14.3. The molecule has 6 nitrogen and oxygen atoms in total. The molecule has 0 spiro atoms. The Morgan fingerprint density at radius 2 is 2.00 bits per heavy atom. The molecule has 2 heterocycles. The Hall–Kier alpha value is -2.67. The first kappa shape index (κ1) is 17.2. The zero-order valence-electron chi connectivity index (χ0n) is 13.5. The first-order valence-electron chi connectivity index (χ1n) is 7.98. The first-order valence-corrected chi connectivity index (χ1v) is 8.92. The van der Waals surface area contributed by atoms with Gasteiger partial charge in [-0.1, -0.05) is 6.07 Å². The van der Waals surface area contributed by atoms with Crippen molar-refractivity contribution in [2.75, 3.05) is 13.1 Å². The molecule has 0 bridgehead atoms. The molecular weight excluding hydrogens is 340 g/mol. The maximum absolute atomic E-state index is 12.4.